The summed E-state index contributed by atoms with van der Waals surface area (Å²) in [5.74, 6) is -0.533. The lowest BCUT2D eigenvalue weighted by Gasteiger charge is -2.25. The van der Waals surface area contributed by atoms with Gasteiger partial charge in [-0.15, -0.1) is 0 Å². The first-order valence-electron chi connectivity index (χ1n) is 7.44. The van der Waals surface area contributed by atoms with E-state index < -0.39 is 5.97 Å². The highest BCUT2D eigenvalue weighted by molar-refractivity contribution is 5.97. The number of hydrogen-bond acceptors (Lipinski definition) is 3. The SMILES string of the molecule is O=C(O)CN(C(=O)CCC1CCNCC1)c1ccccc1. The van der Waals surface area contributed by atoms with Crippen molar-refractivity contribution in [1.29, 1.82) is 0 Å². The summed E-state index contributed by atoms with van der Waals surface area (Å²) in [5, 5.41) is 12.3. The Bertz CT molecular complexity index is 470. The standard InChI is InChI=1S/C16H22N2O3/c19-15(7-6-13-8-10-17-11-9-13)18(12-16(20)21)14-4-2-1-3-5-14/h1-5,13,17H,6-12H2,(H,20,21). The molecule has 5 nitrogen and oxygen atoms in total. The van der Waals surface area contributed by atoms with Crippen molar-refractivity contribution < 1.29 is 14.7 Å². The van der Waals surface area contributed by atoms with Gasteiger partial charge in [-0.05, 0) is 50.4 Å². The van der Waals surface area contributed by atoms with Gasteiger partial charge >= 0.3 is 5.97 Å². The van der Waals surface area contributed by atoms with Gasteiger partial charge in [0.05, 0.1) is 0 Å². The minimum atomic E-state index is -0.992. The number of aliphatic carboxylic acids is 1. The molecule has 0 saturated carbocycles. The van der Waals surface area contributed by atoms with Crippen LogP contribution >= 0.6 is 0 Å². The van der Waals surface area contributed by atoms with Gasteiger partial charge in [0.2, 0.25) is 5.91 Å². The quantitative estimate of drug-likeness (QED) is 0.839. The van der Waals surface area contributed by atoms with Gasteiger partial charge < -0.3 is 15.3 Å². The van der Waals surface area contributed by atoms with Gasteiger partial charge in [0, 0.05) is 12.1 Å². The molecule has 1 aromatic carbocycles. The second kappa shape index (κ2) is 7.78. The molecular formula is C16H22N2O3. The summed E-state index contributed by atoms with van der Waals surface area (Å²) in [6.07, 6.45) is 3.44. The Labute approximate surface area is 125 Å². The van der Waals surface area contributed by atoms with Crippen LogP contribution in [0.2, 0.25) is 0 Å². The van der Waals surface area contributed by atoms with E-state index in [0.717, 1.165) is 32.4 Å². The number of hydrogen-bond donors (Lipinski definition) is 2. The zero-order valence-corrected chi connectivity index (χ0v) is 12.1. The Hall–Kier alpha value is -1.88. The molecule has 1 amide bonds. The minimum absolute atomic E-state index is 0.109. The Balaban J connectivity index is 1.95. The molecule has 1 aromatic rings. The third-order valence-electron chi connectivity index (χ3n) is 3.89. The summed E-state index contributed by atoms with van der Waals surface area (Å²) in [6.45, 7) is 1.74. The van der Waals surface area contributed by atoms with Gasteiger partial charge in [-0.25, -0.2) is 0 Å². The smallest absolute Gasteiger partial charge is 0.323 e. The number of rotatable bonds is 6. The van der Waals surface area contributed by atoms with Crippen molar-refractivity contribution in [3.63, 3.8) is 0 Å². The summed E-state index contributed by atoms with van der Waals surface area (Å²) in [7, 11) is 0. The van der Waals surface area contributed by atoms with Crippen LogP contribution in [-0.2, 0) is 9.59 Å². The molecule has 0 aliphatic carbocycles. The first kappa shape index (κ1) is 15.5. The van der Waals surface area contributed by atoms with Crippen LogP contribution < -0.4 is 10.2 Å². The molecule has 0 unspecified atom stereocenters. The zero-order chi connectivity index (χ0) is 15.1. The molecule has 1 fully saturated rings. The maximum Gasteiger partial charge on any atom is 0.323 e. The van der Waals surface area contributed by atoms with Crippen molar-refractivity contribution >= 4 is 17.6 Å². The van der Waals surface area contributed by atoms with Gasteiger partial charge in [-0.2, -0.15) is 0 Å². The fourth-order valence-electron chi connectivity index (χ4n) is 2.70. The summed E-state index contributed by atoms with van der Waals surface area (Å²) >= 11 is 0. The number of piperidine rings is 1. The van der Waals surface area contributed by atoms with Gasteiger partial charge in [-0.1, -0.05) is 18.2 Å². The highest BCUT2D eigenvalue weighted by Crippen LogP contribution is 2.20. The number of para-hydroxylation sites is 1. The lowest BCUT2D eigenvalue weighted by atomic mass is 9.93. The number of carboxylic acids is 1. The number of amides is 1. The van der Waals surface area contributed by atoms with Crippen LogP contribution in [0.25, 0.3) is 0 Å². The predicted octanol–water partition coefficient (Wildman–Crippen LogP) is 1.88. The number of carbonyl (C=O) groups excluding carboxylic acids is 1. The zero-order valence-electron chi connectivity index (χ0n) is 12.1. The summed E-state index contributed by atoms with van der Waals surface area (Å²) in [5.41, 5.74) is 0.648. The van der Waals surface area contributed by atoms with Crippen molar-refractivity contribution in [3.05, 3.63) is 30.3 Å². The van der Waals surface area contributed by atoms with E-state index in [2.05, 4.69) is 5.32 Å². The fourth-order valence-corrected chi connectivity index (χ4v) is 2.70. The Kier molecular flexibility index (Phi) is 5.75. The lowest BCUT2D eigenvalue weighted by Crippen LogP contribution is -2.36. The molecule has 0 radical (unpaired) electrons. The average molecular weight is 290 g/mol. The number of nitrogens with zero attached hydrogens (tertiary/aromatic N) is 1. The fraction of sp³-hybridized carbons (Fsp3) is 0.500. The molecule has 1 aliphatic rings. The van der Waals surface area contributed by atoms with Crippen LogP contribution in [0.5, 0.6) is 0 Å². The van der Waals surface area contributed by atoms with Crippen molar-refractivity contribution in [3.8, 4) is 0 Å². The van der Waals surface area contributed by atoms with Crippen LogP contribution in [0.3, 0.4) is 0 Å². The van der Waals surface area contributed by atoms with Gasteiger partial charge in [-0.3, -0.25) is 9.59 Å². The number of anilines is 1. The molecule has 114 valence electrons. The second-order valence-corrected chi connectivity index (χ2v) is 5.44. The normalized spacial score (nSPS) is 15.6. The Morgan fingerprint density at radius 1 is 1.19 bits per heavy atom. The average Bonchev–Trinajstić information content (AvgIpc) is 2.52. The largest absolute Gasteiger partial charge is 0.480 e. The minimum Gasteiger partial charge on any atom is -0.480 e. The van der Waals surface area contributed by atoms with Gasteiger partial charge in [0.25, 0.3) is 0 Å². The van der Waals surface area contributed by atoms with Crippen LogP contribution in [0.1, 0.15) is 25.7 Å². The van der Waals surface area contributed by atoms with E-state index in [1.54, 1.807) is 12.1 Å². The Morgan fingerprint density at radius 2 is 1.86 bits per heavy atom. The molecule has 2 rings (SSSR count). The summed E-state index contributed by atoms with van der Waals surface area (Å²) in [6, 6.07) is 9.01. The van der Waals surface area contributed by atoms with Crippen LogP contribution in [-0.4, -0.2) is 36.6 Å². The highest BCUT2D eigenvalue weighted by Gasteiger charge is 2.20. The van der Waals surface area contributed by atoms with E-state index in [1.807, 2.05) is 18.2 Å². The summed E-state index contributed by atoms with van der Waals surface area (Å²) < 4.78 is 0. The molecule has 1 saturated heterocycles. The van der Waals surface area contributed by atoms with E-state index in [0.29, 0.717) is 18.0 Å². The number of nitrogens with one attached hydrogen (secondary N) is 1. The number of carbonyl (C=O) groups is 2. The Morgan fingerprint density at radius 3 is 2.48 bits per heavy atom. The number of carboxylic acid groups (broad SMARTS) is 1. The monoisotopic (exact) mass is 290 g/mol. The van der Waals surface area contributed by atoms with Crippen LogP contribution in [0.15, 0.2) is 30.3 Å². The van der Waals surface area contributed by atoms with E-state index in [4.69, 9.17) is 5.11 Å². The molecule has 2 N–H and O–H groups in total. The molecule has 21 heavy (non-hydrogen) atoms. The highest BCUT2D eigenvalue weighted by atomic mass is 16.4. The van der Waals surface area contributed by atoms with Crippen molar-refractivity contribution in [1.82, 2.24) is 5.32 Å². The van der Waals surface area contributed by atoms with Gasteiger partial charge in [0.15, 0.2) is 0 Å². The first-order valence-corrected chi connectivity index (χ1v) is 7.44. The molecule has 0 spiro atoms. The van der Waals surface area contributed by atoms with Crippen molar-refractivity contribution in [2.75, 3.05) is 24.5 Å². The first-order chi connectivity index (χ1) is 10.2. The third kappa shape index (κ3) is 4.86. The third-order valence-corrected chi connectivity index (χ3v) is 3.89. The predicted molar refractivity (Wildman–Crippen MR) is 81.3 cm³/mol. The maximum absolute atomic E-state index is 12.4. The summed E-state index contributed by atoms with van der Waals surface area (Å²) in [4.78, 5) is 24.7. The van der Waals surface area contributed by atoms with Crippen molar-refractivity contribution in [2.24, 2.45) is 5.92 Å². The van der Waals surface area contributed by atoms with E-state index >= 15 is 0 Å². The molecule has 5 heteroatoms. The molecular weight excluding hydrogens is 268 g/mol. The molecule has 1 heterocycles. The second-order valence-electron chi connectivity index (χ2n) is 5.44. The van der Waals surface area contributed by atoms with E-state index in [-0.39, 0.29) is 12.5 Å². The van der Waals surface area contributed by atoms with Gasteiger partial charge in [0.1, 0.15) is 6.54 Å². The van der Waals surface area contributed by atoms with Crippen LogP contribution in [0, 0.1) is 5.92 Å². The molecule has 0 atom stereocenters. The topological polar surface area (TPSA) is 69.6 Å². The molecule has 0 aromatic heterocycles. The maximum atomic E-state index is 12.4. The van der Waals surface area contributed by atoms with E-state index in [9.17, 15) is 9.59 Å². The molecule has 0 bridgehead atoms. The lowest BCUT2D eigenvalue weighted by molar-refractivity contribution is -0.136. The van der Waals surface area contributed by atoms with Crippen LogP contribution in [0.4, 0.5) is 5.69 Å². The molecule has 1 aliphatic heterocycles. The number of benzene rings is 1. The van der Waals surface area contributed by atoms with Crippen molar-refractivity contribution in [2.45, 2.75) is 25.7 Å². The van der Waals surface area contributed by atoms with E-state index in [1.165, 1.54) is 4.90 Å².